The van der Waals surface area contributed by atoms with Gasteiger partial charge in [0.2, 0.25) is 5.78 Å². The molecule has 2 aromatic carbocycles. The van der Waals surface area contributed by atoms with Crippen LogP contribution in [0.2, 0.25) is 5.02 Å². The predicted octanol–water partition coefficient (Wildman–Crippen LogP) is 6.20. The highest BCUT2D eigenvalue weighted by Crippen LogP contribution is 2.45. The number of hydrogen-bond acceptors (Lipinski definition) is 8. The van der Waals surface area contributed by atoms with Crippen molar-refractivity contribution < 1.29 is 19.4 Å². The van der Waals surface area contributed by atoms with E-state index in [0.29, 0.717) is 44.2 Å². The Morgan fingerprint density at radius 3 is 2.54 bits per heavy atom. The summed E-state index contributed by atoms with van der Waals surface area (Å²) in [4.78, 5) is 37.8. The molecule has 0 spiro atoms. The molecule has 10 heteroatoms. The summed E-state index contributed by atoms with van der Waals surface area (Å²) in [5.74, 6) is -1.03. The molecular formula is C25H20ClN3O4S2. The Kier molecular flexibility index (Phi) is 6.08. The normalized spacial score (nSPS) is 15.9. The monoisotopic (exact) mass is 525 g/mol. The van der Waals surface area contributed by atoms with Gasteiger partial charge in [0.25, 0.3) is 5.91 Å². The minimum absolute atomic E-state index is 0.00296. The first-order valence-corrected chi connectivity index (χ1v) is 12.8. The molecule has 1 N–H and O–H groups in total. The SMILES string of the molecule is CCOc1ccc(C2C(C(=O)c3sc(C)nc3C)=C(O)C(=O)N2c2nc3ccc(Cl)cc3s2)cc1. The van der Waals surface area contributed by atoms with Crippen molar-refractivity contribution in [2.24, 2.45) is 0 Å². The number of carbonyl (C=O) groups excluding carboxylic acids is 2. The summed E-state index contributed by atoms with van der Waals surface area (Å²) in [7, 11) is 0. The van der Waals surface area contributed by atoms with Gasteiger partial charge in [-0.25, -0.2) is 9.97 Å². The van der Waals surface area contributed by atoms with Gasteiger partial charge in [-0.05, 0) is 56.7 Å². The second-order valence-corrected chi connectivity index (χ2v) is 10.6. The molecule has 1 aliphatic rings. The molecule has 4 aromatic rings. The standard InChI is InChI=1S/C25H20ClN3O4S2/c1-4-33-16-8-5-14(6-9-16)20-19(21(30)23-12(2)27-13(3)34-23)22(31)24(32)29(20)25-28-17-10-7-15(26)11-18(17)35-25/h5-11,20,31H,4H2,1-3H3. The quantitative estimate of drug-likeness (QED) is 0.301. The average Bonchev–Trinajstić information content (AvgIpc) is 3.47. The number of ether oxygens (including phenoxy) is 1. The number of nitrogens with zero attached hydrogens (tertiary/aromatic N) is 3. The Morgan fingerprint density at radius 2 is 1.89 bits per heavy atom. The number of ketones is 1. The van der Waals surface area contributed by atoms with Crippen LogP contribution in [-0.4, -0.2) is 33.4 Å². The van der Waals surface area contributed by atoms with Crippen molar-refractivity contribution in [2.45, 2.75) is 26.8 Å². The summed E-state index contributed by atoms with van der Waals surface area (Å²) in [6, 6.07) is 11.5. The molecule has 1 amide bonds. The second kappa shape index (κ2) is 9.07. The van der Waals surface area contributed by atoms with E-state index in [9.17, 15) is 14.7 Å². The van der Waals surface area contributed by atoms with Gasteiger partial charge in [0.05, 0.1) is 44.0 Å². The van der Waals surface area contributed by atoms with Gasteiger partial charge in [0, 0.05) is 5.02 Å². The summed E-state index contributed by atoms with van der Waals surface area (Å²) in [6.07, 6.45) is 0. The zero-order valence-corrected chi connectivity index (χ0v) is 21.4. The third-order valence-electron chi connectivity index (χ3n) is 5.61. The van der Waals surface area contributed by atoms with E-state index in [1.807, 2.05) is 13.8 Å². The highest BCUT2D eigenvalue weighted by molar-refractivity contribution is 7.22. The fraction of sp³-hybridized carbons (Fsp3) is 0.200. The number of aryl methyl sites for hydroxylation is 2. The van der Waals surface area contributed by atoms with Crippen LogP contribution in [0, 0.1) is 13.8 Å². The fourth-order valence-electron chi connectivity index (χ4n) is 4.12. The van der Waals surface area contributed by atoms with Crippen molar-refractivity contribution in [1.82, 2.24) is 9.97 Å². The first kappa shape index (κ1) is 23.5. The van der Waals surface area contributed by atoms with Gasteiger partial charge in [0.1, 0.15) is 5.75 Å². The van der Waals surface area contributed by atoms with Crippen molar-refractivity contribution in [3.63, 3.8) is 0 Å². The zero-order chi connectivity index (χ0) is 24.9. The lowest BCUT2D eigenvalue weighted by atomic mass is 9.95. The molecule has 1 unspecified atom stereocenters. The Balaban J connectivity index is 1.66. The average molecular weight is 526 g/mol. The number of fused-ring (bicyclic) bond motifs is 1. The van der Waals surface area contributed by atoms with Crippen LogP contribution in [0.4, 0.5) is 5.13 Å². The first-order chi connectivity index (χ1) is 16.8. The van der Waals surface area contributed by atoms with Crippen LogP contribution < -0.4 is 9.64 Å². The van der Waals surface area contributed by atoms with E-state index < -0.39 is 23.5 Å². The number of anilines is 1. The van der Waals surface area contributed by atoms with Crippen molar-refractivity contribution in [1.29, 1.82) is 0 Å². The summed E-state index contributed by atoms with van der Waals surface area (Å²) < 4.78 is 6.34. The van der Waals surface area contributed by atoms with Crippen molar-refractivity contribution >= 4 is 61.3 Å². The van der Waals surface area contributed by atoms with Crippen LogP contribution in [0.1, 0.15) is 38.9 Å². The van der Waals surface area contributed by atoms with Crippen molar-refractivity contribution in [2.75, 3.05) is 11.5 Å². The molecule has 0 radical (unpaired) electrons. The lowest BCUT2D eigenvalue weighted by molar-refractivity contribution is -0.117. The molecule has 5 rings (SSSR count). The number of benzene rings is 2. The number of aliphatic hydroxyl groups excluding tert-OH is 1. The Bertz CT molecular complexity index is 1510. The van der Waals surface area contributed by atoms with Crippen molar-refractivity contribution in [3.8, 4) is 5.75 Å². The minimum atomic E-state index is -0.872. The van der Waals surface area contributed by atoms with Crippen LogP contribution in [-0.2, 0) is 4.79 Å². The number of aromatic nitrogens is 2. The van der Waals surface area contributed by atoms with E-state index in [1.165, 1.54) is 27.6 Å². The smallest absolute Gasteiger partial charge is 0.296 e. The van der Waals surface area contributed by atoms with E-state index >= 15 is 0 Å². The Labute approximate surface area is 214 Å². The van der Waals surface area contributed by atoms with Crippen LogP contribution in [0.5, 0.6) is 5.75 Å². The molecule has 1 aliphatic heterocycles. The zero-order valence-electron chi connectivity index (χ0n) is 19.0. The molecule has 3 heterocycles. The van der Waals surface area contributed by atoms with E-state index in [1.54, 1.807) is 49.4 Å². The molecule has 0 bridgehead atoms. The molecule has 0 fully saturated rings. The van der Waals surface area contributed by atoms with Gasteiger partial charge in [0.15, 0.2) is 10.9 Å². The third-order valence-corrected chi connectivity index (χ3v) is 7.94. The van der Waals surface area contributed by atoms with E-state index in [2.05, 4.69) is 9.97 Å². The van der Waals surface area contributed by atoms with Crippen LogP contribution in [0.3, 0.4) is 0 Å². The molecule has 0 saturated carbocycles. The maximum Gasteiger partial charge on any atom is 0.296 e. The molecule has 2 aromatic heterocycles. The van der Waals surface area contributed by atoms with Crippen LogP contribution >= 0.6 is 34.3 Å². The lowest BCUT2D eigenvalue weighted by Crippen LogP contribution is -2.31. The Hall–Kier alpha value is -3.27. The van der Waals surface area contributed by atoms with Crippen LogP contribution in [0.25, 0.3) is 10.2 Å². The van der Waals surface area contributed by atoms with Gasteiger partial charge in [-0.1, -0.05) is 35.1 Å². The number of carbonyl (C=O) groups is 2. The summed E-state index contributed by atoms with van der Waals surface area (Å²) in [5.41, 5.74) is 1.87. The first-order valence-electron chi connectivity index (χ1n) is 10.8. The molecule has 178 valence electrons. The van der Waals surface area contributed by atoms with Crippen molar-refractivity contribution in [3.05, 3.63) is 80.0 Å². The molecular weight excluding hydrogens is 506 g/mol. The van der Waals surface area contributed by atoms with E-state index in [-0.39, 0.29) is 5.57 Å². The topological polar surface area (TPSA) is 92.6 Å². The minimum Gasteiger partial charge on any atom is -0.503 e. The molecule has 0 saturated heterocycles. The summed E-state index contributed by atoms with van der Waals surface area (Å²) >= 11 is 8.65. The number of Topliss-reactive ketones (excluding diaryl/α,β-unsaturated/α-hetero) is 1. The van der Waals surface area contributed by atoms with Gasteiger partial charge < -0.3 is 9.84 Å². The van der Waals surface area contributed by atoms with E-state index in [4.69, 9.17) is 16.3 Å². The molecule has 35 heavy (non-hydrogen) atoms. The third kappa shape index (κ3) is 4.09. The maximum absolute atomic E-state index is 13.7. The highest BCUT2D eigenvalue weighted by Gasteiger charge is 2.46. The number of thiazole rings is 2. The van der Waals surface area contributed by atoms with Crippen LogP contribution in [0.15, 0.2) is 53.8 Å². The van der Waals surface area contributed by atoms with Gasteiger partial charge in [-0.15, -0.1) is 11.3 Å². The number of halogens is 1. The maximum atomic E-state index is 13.7. The van der Waals surface area contributed by atoms with Gasteiger partial charge >= 0.3 is 0 Å². The highest BCUT2D eigenvalue weighted by atomic mass is 35.5. The second-order valence-electron chi connectivity index (χ2n) is 7.93. The molecule has 0 aliphatic carbocycles. The fourth-order valence-corrected chi connectivity index (χ4v) is 6.26. The molecule has 1 atom stereocenters. The number of aliphatic hydroxyl groups is 1. The predicted molar refractivity (Wildman–Crippen MR) is 138 cm³/mol. The largest absolute Gasteiger partial charge is 0.503 e. The number of rotatable bonds is 6. The Morgan fingerprint density at radius 1 is 1.14 bits per heavy atom. The lowest BCUT2D eigenvalue weighted by Gasteiger charge is -2.24. The summed E-state index contributed by atoms with van der Waals surface area (Å²) in [5, 5.41) is 12.6. The number of amides is 1. The summed E-state index contributed by atoms with van der Waals surface area (Å²) in [6.45, 7) is 5.95. The van der Waals surface area contributed by atoms with Gasteiger partial charge in [-0.2, -0.15) is 0 Å². The van der Waals surface area contributed by atoms with E-state index in [0.717, 1.165) is 9.71 Å². The number of hydrogen-bond donors (Lipinski definition) is 1. The van der Waals surface area contributed by atoms with Gasteiger partial charge in [-0.3, -0.25) is 14.5 Å². The molecule has 7 nitrogen and oxygen atoms in total.